The number of benzene rings is 1. The molecule has 2 rings (SSSR count). The molecule has 1 aromatic rings. The number of carbonyl (C=O) groups is 1. The van der Waals surface area contributed by atoms with Crippen LogP contribution < -0.4 is 10.6 Å². The first-order valence-corrected chi connectivity index (χ1v) is 10.1. The second-order valence-corrected chi connectivity index (χ2v) is 7.21. The second kappa shape index (κ2) is 11.3. The zero-order valence-corrected chi connectivity index (χ0v) is 16.9. The second-order valence-electron chi connectivity index (χ2n) is 6.36. The maximum Gasteiger partial charge on any atom is 0.222 e. The number of aryl methyl sites for hydroxylation is 1. The van der Waals surface area contributed by atoms with E-state index in [-0.39, 0.29) is 5.91 Å². The first-order chi connectivity index (χ1) is 12.6. The number of likely N-dealkylation sites (tertiary alicyclic amines) is 1. The first kappa shape index (κ1) is 20.8. The quantitative estimate of drug-likeness (QED) is 0.380. The Morgan fingerprint density at radius 2 is 2.12 bits per heavy atom. The van der Waals surface area contributed by atoms with Gasteiger partial charge in [-0.05, 0) is 50.3 Å². The summed E-state index contributed by atoms with van der Waals surface area (Å²) in [7, 11) is 0. The monoisotopic (exact) mass is 398 g/mol. The number of amides is 1. The van der Waals surface area contributed by atoms with Crippen LogP contribution in [-0.2, 0) is 11.2 Å². The summed E-state index contributed by atoms with van der Waals surface area (Å²) in [6.07, 6.45) is 4.42. The molecule has 26 heavy (non-hydrogen) atoms. The number of carbonyl (C=O) groups excluding carboxylic acids is 1. The third kappa shape index (κ3) is 7.04. The maximum absolute atomic E-state index is 11.6. The largest absolute Gasteiger partial charge is 0.357 e. The summed E-state index contributed by atoms with van der Waals surface area (Å²) >= 11 is 12.1. The summed E-state index contributed by atoms with van der Waals surface area (Å²) in [6.45, 7) is 6.09. The number of aliphatic imine (C=N–C) groups is 1. The number of rotatable bonds is 9. The Balaban J connectivity index is 1.68. The van der Waals surface area contributed by atoms with E-state index >= 15 is 0 Å². The third-order valence-electron chi connectivity index (χ3n) is 4.30. The summed E-state index contributed by atoms with van der Waals surface area (Å²) in [6, 6.07) is 5.62. The smallest absolute Gasteiger partial charge is 0.222 e. The Morgan fingerprint density at radius 1 is 1.27 bits per heavy atom. The molecule has 1 fully saturated rings. The molecule has 1 aliphatic rings. The molecule has 0 aromatic heterocycles. The van der Waals surface area contributed by atoms with Crippen molar-refractivity contribution in [2.24, 2.45) is 4.99 Å². The molecule has 0 aliphatic carbocycles. The maximum atomic E-state index is 11.6. The van der Waals surface area contributed by atoms with Gasteiger partial charge in [0.2, 0.25) is 5.91 Å². The average Bonchev–Trinajstić information content (AvgIpc) is 3.02. The minimum absolute atomic E-state index is 0.278. The molecule has 0 spiro atoms. The van der Waals surface area contributed by atoms with Gasteiger partial charge in [0, 0.05) is 49.2 Å². The van der Waals surface area contributed by atoms with Crippen LogP contribution in [0.2, 0.25) is 10.0 Å². The van der Waals surface area contributed by atoms with Crippen LogP contribution in [-0.4, -0.2) is 49.5 Å². The van der Waals surface area contributed by atoms with Gasteiger partial charge in [0.25, 0.3) is 0 Å². The molecule has 0 atom stereocenters. The molecule has 1 saturated heterocycles. The highest BCUT2D eigenvalue weighted by Gasteiger charge is 2.18. The minimum atomic E-state index is 0.278. The molecular formula is C19H28Cl2N4O. The van der Waals surface area contributed by atoms with Crippen LogP contribution in [0.25, 0.3) is 0 Å². The van der Waals surface area contributed by atoms with Gasteiger partial charge in [0.1, 0.15) is 0 Å². The van der Waals surface area contributed by atoms with Crippen molar-refractivity contribution in [3.8, 4) is 0 Å². The SMILES string of the molecule is CCNC(=NCCCN1CCCC1=O)NCCCc1ccc(Cl)cc1Cl. The van der Waals surface area contributed by atoms with E-state index in [0.29, 0.717) is 18.0 Å². The molecule has 0 saturated carbocycles. The third-order valence-corrected chi connectivity index (χ3v) is 4.89. The van der Waals surface area contributed by atoms with E-state index in [1.807, 2.05) is 24.0 Å². The topological polar surface area (TPSA) is 56.7 Å². The Bertz CT molecular complexity index is 622. The molecule has 5 nitrogen and oxygen atoms in total. The van der Waals surface area contributed by atoms with Gasteiger partial charge in [0.15, 0.2) is 5.96 Å². The number of hydrogen-bond acceptors (Lipinski definition) is 2. The Morgan fingerprint density at radius 3 is 2.81 bits per heavy atom. The van der Waals surface area contributed by atoms with Crippen molar-refractivity contribution in [2.45, 2.75) is 39.0 Å². The molecule has 1 aliphatic heterocycles. The fraction of sp³-hybridized carbons (Fsp3) is 0.579. The van der Waals surface area contributed by atoms with Gasteiger partial charge in [-0.2, -0.15) is 0 Å². The molecule has 1 amide bonds. The zero-order valence-electron chi connectivity index (χ0n) is 15.4. The molecule has 0 unspecified atom stereocenters. The number of guanidine groups is 1. The lowest BCUT2D eigenvalue weighted by atomic mass is 10.1. The minimum Gasteiger partial charge on any atom is -0.357 e. The van der Waals surface area contributed by atoms with E-state index in [0.717, 1.165) is 68.4 Å². The van der Waals surface area contributed by atoms with E-state index in [9.17, 15) is 4.79 Å². The lowest BCUT2D eigenvalue weighted by Crippen LogP contribution is -2.38. The first-order valence-electron chi connectivity index (χ1n) is 9.34. The van der Waals surface area contributed by atoms with Crippen molar-refractivity contribution in [1.82, 2.24) is 15.5 Å². The molecule has 0 bridgehead atoms. The van der Waals surface area contributed by atoms with E-state index < -0.39 is 0 Å². The standard InChI is InChI=1S/C19H28Cl2N4O/c1-2-22-19(24-11-5-13-25-12-4-7-18(25)26)23-10-3-6-15-8-9-16(20)14-17(15)21/h8-9,14H,2-7,10-13H2,1H3,(H2,22,23,24). The predicted octanol–water partition coefficient (Wildman–Crippen LogP) is 3.49. The lowest BCUT2D eigenvalue weighted by Gasteiger charge is -2.15. The summed E-state index contributed by atoms with van der Waals surface area (Å²) in [5, 5.41) is 7.98. The summed E-state index contributed by atoms with van der Waals surface area (Å²) in [5.74, 6) is 1.10. The molecule has 1 heterocycles. The number of nitrogens with one attached hydrogen (secondary N) is 2. The molecular weight excluding hydrogens is 371 g/mol. The van der Waals surface area contributed by atoms with Crippen LogP contribution in [0.1, 0.15) is 38.2 Å². The molecule has 7 heteroatoms. The highest BCUT2D eigenvalue weighted by Crippen LogP contribution is 2.21. The van der Waals surface area contributed by atoms with Crippen molar-refractivity contribution in [3.05, 3.63) is 33.8 Å². The molecule has 0 radical (unpaired) electrons. The number of nitrogens with zero attached hydrogens (tertiary/aromatic N) is 2. The number of halogens is 2. The molecule has 2 N–H and O–H groups in total. The molecule has 1 aromatic carbocycles. The van der Waals surface area contributed by atoms with Gasteiger partial charge in [-0.15, -0.1) is 0 Å². The lowest BCUT2D eigenvalue weighted by molar-refractivity contribution is -0.127. The highest BCUT2D eigenvalue weighted by atomic mass is 35.5. The van der Waals surface area contributed by atoms with E-state index in [1.54, 1.807) is 6.07 Å². The van der Waals surface area contributed by atoms with Crippen molar-refractivity contribution in [2.75, 3.05) is 32.7 Å². The van der Waals surface area contributed by atoms with E-state index in [1.165, 1.54) is 0 Å². The Kier molecular flexibility index (Phi) is 9.06. The van der Waals surface area contributed by atoms with Crippen molar-refractivity contribution < 1.29 is 4.79 Å². The zero-order chi connectivity index (χ0) is 18.8. The van der Waals surface area contributed by atoms with Gasteiger partial charge in [-0.25, -0.2) is 0 Å². The van der Waals surface area contributed by atoms with Gasteiger partial charge in [0.05, 0.1) is 0 Å². The van der Waals surface area contributed by atoms with Crippen LogP contribution in [0.3, 0.4) is 0 Å². The van der Waals surface area contributed by atoms with Crippen molar-refractivity contribution in [1.29, 1.82) is 0 Å². The summed E-state index contributed by atoms with van der Waals surface area (Å²) < 4.78 is 0. The van der Waals surface area contributed by atoms with E-state index in [2.05, 4.69) is 15.6 Å². The summed E-state index contributed by atoms with van der Waals surface area (Å²) in [4.78, 5) is 18.1. The van der Waals surface area contributed by atoms with Gasteiger partial charge < -0.3 is 15.5 Å². The van der Waals surface area contributed by atoms with Crippen LogP contribution in [0, 0.1) is 0 Å². The van der Waals surface area contributed by atoms with Gasteiger partial charge >= 0.3 is 0 Å². The predicted molar refractivity (Wildman–Crippen MR) is 109 cm³/mol. The van der Waals surface area contributed by atoms with Crippen LogP contribution in [0.15, 0.2) is 23.2 Å². The van der Waals surface area contributed by atoms with E-state index in [4.69, 9.17) is 23.2 Å². The molecule has 144 valence electrons. The normalized spacial score (nSPS) is 14.8. The van der Waals surface area contributed by atoms with Crippen molar-refractivity contribution >= 4 is 35.1 Å². The fourth-order valence-electron chi connectivity index (χ4n) is 2.94. The van der Waals surface area contributed by atoms with Gasteiger partial charge in [-0.3, -0.25) is 9.79 Å². The Labute approximate surface area is 166 Å². The average molecular weight is 399 g/mol. The number of hydrogen-bond donors (Lipinski definition) is 2. The van der Waals surface area contributed by atoms with Crippen molar-refractivity contribution in [3.63, 3.8) is 0 Å². The fourth-order valence-corrected chi connectivity index (χ4v) is 3.45. The highest BCUT2D eigenvalue weighted by molar-refractivity contribution is 6.35. The van der Waals surface area contributed by atoms with Crippen LogP contribution in [0.4, 0.5) is 0 Å². The van der Waals surface area contributed by atoms with Crippen LogP contribution >= 0.6 is 23.2 Å². The Hall–Kier alpha value is -1.46. The van der Waals surface area contributed by atoms with Gasteiger partial charge in [-0.1, -0.05) is 29.3 Å². The summed E-state index contributed by atoms with van der Waals surface area (Å²) in [5.41, 5.74) is 1.11. The van der Waals surface area contributed by atoms with Crippen LogP contribution in [0.5, 0.6) is 0 Å².